The van der Waals surface area contributed by atoms with Crippen LogP contribution in [-0.2, 0) is 28.7 Å². The van der Waals surface area contributed by atoms with Gasteiger partial charge in [-0.25, -0.2) is 4.39 Å². The first kappa shape index (κ1) is 28.2. The standard InChI is InChI=1S/C31H35F4N3O3/c1-19(37-13-10-28-21(16-37)14-23(15-36-28)31(33,34)35)30(22-4-5-22)11-8-25(18-41-30)38-12-9-26(27(17-38)29(39)40)20-2-6-24(32)7-3-20/h2-3,6-7,14-15,22,25-27H,1,4-5,8-13,16-18H2,(H,39,40)/t25-,26+,27?,30-/m1/s1. The summed E-state index contributed by atoms with van der Waals surface area (Å²) < 4.78 is 60.1. The van der Waals surface area contributed by atoms with E-state index in [1.54, 1.807) is 12.1 Å². The first-order valence-electron chi connectivity index (χ1n) is 14.4. The number of aromatic nitrogens is 1. The summed E-state index contributed by atoms with van der Waals surface area (Å²) in [5, 5.41) is 10.0. The summed E-state index contributed by atoms with van der Waals surface area (Å²) in [5.74, 6) is -1.63. The average Bonchev–Trinajstić information content (AvgIpc) is 3.82. The van der Waals surface area contributed by atoms with Gasteiger partial charge in [0.15, 0.2) is 0 Å². The number of carbonyl (C=O) groups is 1. The van der Waals surface area contributed by atoms with Crippen molar-refractivity contribution < 1.29 is 32.2 Å². The van der Waals surface area contributed by atoms with Crippen LogP contribution in [0.5, 0.6) is 0 Å². The highest BCUT2D eigenvalue weighted by Gasteiger charge is 2.53. The maximum atomic E-state index is 13.4. The summed E-state index contributed by atoms with van der Waals surface area (Å²) in [4.78, 5) is 20.6. The van der Waals surface area contributed by atoms with Crippen LogP contribution in [0.25, 0.3) is 0 Å². The van der Waals surface area contributed by atoms with Gasteiger partial charge in [-0.3, -0.25) is 14.7 Å². The molecule has 0 bridgehead atoms. The van der Waals surface area contributed by atoms with Crippen LogP contribution in [0, 0.1) is 17.7 Å². The zero-order valence-electron chi connectivity index (χ0n) is 22.9. The predicted octanol–water partition coefficient (Wildman–Crippen LogP) is 5.63. The number of benzene rings is 1. The number of carboxylic acids is 1. The lowest BCUT2D eigenvalue weighted by Gasteiger charge is -2.49. The lowest BCUT2D eigenvalue weighted by atomic mass is 9.79. The van der Waals surface area contributed by atoms with E-state index < -0.39 is 29.2 Å². The molecule has 1 saturated carbocycles. The Morgan fingerprint density at radius 3 is 2.51 bits per heavy atom. The molecular weight excluding hydrogens is 538 g/mol. The van der Waals surface area contributed by atoms with Gasteiger partial charge >= 0.3 is 12.1 Å². The molecule has 0 spiro atoms. The Kier molecular flexibility index (Phi) is 7.34. The quantitative estimate of drug-likeness (QED) is 0.452. The van der Waals surface area contributed by atoms with E-state index in [2.05, 4.69) is 21.4 Å². The second-order valence-corrected chi connectivity index (χ2v) is 12.0. The highest BCUT2D eigenvalue weighted by Crippen LogP contribution is 2.52. The number of aliphatic carboxylic acids is 1. The average molecular weight is 574 g/mol. The van der Waals surface area contributed by atoms with E-state index in [-0.39, 0.29) is 17.8 Å². The summed E-state index contributed by atoms with van der Waals surface area (Å²) in [6.07, 6.45) is 1.31. The van der Waals surface area contributed by atoms with Crippen LogP contribution in [-0.4, -0.2) is 63.7 Å². The molecule has 6 nitrogen and oxygen atoms in total. The maximum Gasteiger partial charge on any atom is 0.417 e. The summed E-state index contributed by atoms with van der Waals surface area (Å²) in [5.41, 5.74) is 1.67. The Hall–Kier alpha value is -2.98. The van der Waals surface area contributed by atoms with Crippen molar-refractivity contribution in [2.45, 2.75) is 68.8 Å². The molecule has 3 aliphatic heterocycles. The topological polar surface area (TPSA) is 65.9 Å². The first-order chi connectivity index (χ1) is 19.5. The van der Waals surface area contributed by atoms with Crippen LogP contribution in [0.3, 0.4) is 0 Å². The number of halogens is 4. The Labute approximate surface area is 237 Å². The van der Waals surface area contributed by atoms with E-state index in [0.717, 1.165) is 49.7 Å². The molecule has 2 aromatic rings. The van der Waals surface area contributed by atoms with E-state index in [9.17, 15) is 27.5 Å². The minimum Gasteiger partial charge on any atom is -0.481 e. The van der Waals surface area contributed by atoms with Gasteiger partial charge in [0.05, 0.1) is 18.1 Å². The molecule has 1 aromatic heterocycles. The lowest BCUT2D eigenvalue weighted by molar-refractivity contribution is -0.147. The van der Waals surface area contributed by atoms with Crippen molar-refractivity contribution in [2.75, 3.05) is 26.2 Å². The highest BCUT2D eigenvalue weighted by molar-refractivity contribution is 5.72. The van der Waals surface area contributed by atoms with Crippen LogP contribution in [0.15, 0.2) is 48.8 Å². The third-order valence-corrected chi connectivity index (χ3v) is 9.63. The molecular formula is C31H35F4N3O3. The van der Waals surface area contributed by atoms with Crippen molar-refractivity contribution in [1.82, 2.24) is 14.8 Å². The van der Waals surface area contributed by atoms with Crippen LogP contribution < -0.4 is 0 Å². The summed E-state index contributed by atoms with van der Waals surface area (Å²) in [6.45, 7) is 6.98. The minimum atomic E-state index is -4.44. The number of piperidine rings is 1. The van der Waals surface area contributed by atoms with Crippen molar-refractivity contribution >= 4 is 5.97 Å². The second kappa shape index (κ2) is 10.7. The van der Waals surface area contributed by atoms with Gasteiger partial charge in [-0.1, -0.05) is 18.7 Å². The molecule has 0 amide bonds. The van der Waals surface area contributed by atoms with Gasteiger partial charge in [0.1, 0.15) is 11.4 Å². The molecule has 10 heteroatoms. The fourth-order valence-corrected chi connectivity index (χ4v) is 7.15. The number of pyridine rings is 1. The number of fused-ring (bicyclic) bond motifs is 1. The summed E-state index contributed by atoms with van der Waals surface area (Å²) >= 11 is 0. The number of rotatable bonds is 6. The van der Waals surface area contributed by atoms with E-state index in [1.165, 1.54) is 18.2 Å². The third-order valence-electron chi connectivity index (χ3n) is 9.63. The van der Waals surface area contributed by atoms with Crippen molar-refractivity contribution in [2.24, 2.45) is 11.8 Å². The molecule has 1 N–H and O–H groups in total. The summed E-state index contributed by atoms with van der Waals surface area (Å²) in [7, 11) is 0. The molecule has 4 heterocycles. The predicted molar refractivity (Wildman–Crippen MR) is 143 cm³/mol. The van der Waals surface area contributed by atoms with E-state index in [1.807, 2.05) is 0 Å². The molecule has 1 aromatic carbocycles. The monoisotopic (exact) mass is 573 g/mol. The summed E-state index contributed by atoms with van der Waals surface area (Å²) in [6, 6.07) is 7.41. The van der Waals surface area contributed by atoms with Gasteiger partial charge < -0.3 is 14.7 Å². The van der Waals surface area contributed by atoms with Crippen molar-refractivity contribution in [1.29, 1.82) is 0 Å². The largest absolute Gasteiger partial charge is 0.481 e. The van der Waals surface area contributed by atoms with Crippen LogP contribution >= 0.6 is 0 Å². The maximum absolute atomic E-state index is 13.4. The minimum absolute atomic E-state index is 0.0753. The number of hydrogen-bond donors (Lipinski definition) is 1. The van der Waals surface area contributed by atoms with Crippen molar-refractivity contribution in [3.8, 4) is 0 Å². The molecule has 1 unspecified atom stereocenters. The van der Waals surface area contributed by atoms with Crippen molar-refractivity contribution in [3.63, 3.8) is 0 Å². The van der Waals surface area contributed by atoms with E-state index >= 15 is 0 Å². The SMILES string of the molecule is C=C(N1CCc2ncc(C(F)(F)F)cc2C1)[C@@]1(C2CC2)CC[C@@H](N2CC[C@@H](c3ccc(F)cc3)C(C(=O)O)C2)CO1. The lowest BCUT2D eigenvalue weighted by Crippen LogP contribution is -2.55. The molecule has 0 radical (unpaired) electrons. The Balaban J connectivity index is 1.13. The van der Waals surface area contributed by atoms with Gasteiger partial charge in [-0.15, -0.1) is 0 Å². The van der Waals surface area contributed by atoms with Gasteiger partial charge in [0.25, 0.3) is 0 Å². The number of hydrogen-bond acceptors (Lipinski definition) is 5. The zero-order chi connectivity index (χ0) is 28.9. The molecule has 6 rings (SSSR count). The van der Waals surface area contributed by atoms with E-state index in [0.29, 0.717) is 56.3 Å². The molecule has 220 valence electrons. The molecule has 1 aliphatic carbocycles. The molecule has 41 heavy (non-hydrogen) atoms. The number of nitrogens with zero attached hydrogens (tertiary/aromatic N) is 3. The normalized spacial score (nSPS) is 29.2. The third kappa shape index (κ3) is 5.48. The zero-order valence-corrected chi connectivity index (χ0v) is 22.9. The van der Waals surface area contributed by atoms with Gasteiger partial charge in [0.2, 0.25) is 0 Å². The molecule has 4 atom stereocenters. The van der Waals surface area contributed by atoms with Crippen LogP contribution in [0.4, 0.5) is 17.6 Å². The van der Waals surface area contributed by atoms with Crippen molar-refractivity contribution in [3.05, 3.63) is 77.0 Å². The van der Waals surface area contributed by atoms with Gasteiger partial charge in [-0.05, 0) is 79.8 Å². The van der Waals surface area contributed by atoms with E-state index in [4.69, 9.17) is 4.74 Å². The van der Waals surface area contributed by atoms with Gasteiger partial charge in [-0.2, -0.15) is 13.2 Å². The number of alkyl halides is 3. The number of carboxylic acid groups (broad SMARTS) is 1. The Morgan fingerprint density at radius 1 is 1.12 bits per heavy atom. The van der Waals surface area contributed by atoms with Crippen LogP contribution in [0.1, 0.15) is 60.4 Å². The second-order valence-electron chi connectivity index (χ2n) is 12.0. The first-order valence-corrected chi connectivity index (χ1v) is 14.4. The highest BCUT2D eigenvalue weighted by atomic mass is 19.4. The number of likely N-dealkylation sites (tertiary alicyclic amines) is 1. The Morgan fingerprint density at radius 2 is 1.88 bits per heavy atom. The fraction of sp³-hybridized carbons (Fsp3) is 0.548. The molecule has 4 aliphatic rings. The fourth-order valence-electron chi connectivity index (χ4n) is 7.15. The van der Waals surface area contributed by atoms with Gasteiger partial charge in [0, 0.05) is 49.7 Å². The van der Waals surface area contributed by atoms with Crippen LogP contribution in [0.2, 0.25) is 0 Å². The molecule has 2 saturated heterocycles. The number of ether oxygens (including phenoxy) is 1. The molecule has 3 fully saturated rings. The smallest absolute Gasteiger partial charge is 0.417 e. The Bertz CT molecular complexity index is 1300.